The number of fused-ring (bicyclic) bond motifs is 1. The van der Waals surface area contributed by atoms with Crippen LogP contribution in [0.1, 0.15) is 76.0 Å². The molecule has 2 aliphatic heterocycles. The Morgan fingerprint density at radius 3 is 2.52 bits per heavy atom. The van der Waals surface area contributed by atoms with Crippen molar-refractivity contribution in [2.75, 3.05) is 13.1 Å². The van der Waals surface area contributed by atoms with Crippen LogP contribution < -0.4 is 4.74 Å². The second-order valence-corrected chi connectivity index (χ2v) is 9.89. The Labute approximate surface area is 194 Å². The van der Waals surface area contributed by atoms with Crippen LogP contribution in [-0.2, 0) is 10.3 Å². The number of carbonyl (C=O) groups is 1. The molecule has 2 aromatic carbocycles. The van der Waals surface area contributed by atoms with Crippen molar-refractivity contribution in [2.45, 2.75) is 70.4 Å². The third-order valence-corrected chi connectivity index (χ3v) is 6.48. The molecule has 1 spiro atoms. The molecule has 0 unspecified atom stereocenters. The summed E-state index contributed by atoms with van der Waals surface area (Å²) in [6.45, 7) is 7.81. The van der Waals surface area contributed by atoms with E-state index in [2.05, 4.69) is 0 Å². The summed E-state index contributed by atoms with van der Waals surface area (Å²) in [7, 11) is 0. The van der Waals surface area contributed by atoms with Gasteiger partial charge < -0.3 is 19.5 Å². The molecule has 0 bridgehead atoms. The van der Waals surface area contributed by atoms with E-state index in [0.717, 1.165) is 5.56 Å². The van der Waals surface area contributed by atoms with Gasteiger partial charge in [0.1, 0.15) is 23.0 Å². The maximum absolute atomic E-state index is 14.5. The third kappa shape index (κ3) is 4.89. The van der Waals surface area contributed by atoms with Gasteiger partial charge in [0.2, 0.25) is 0 Å². The van der Waals surface area contributed by atoms with Crippen molar-refractivity contribution in [3.63, 3.8) is 0 Å². The van der Waals surface area contributed by atoms with Crippen molar-refractivity contribution in [1.29, 1.82) is 0 Å². The molecule has 2 aromatic rings. The predicted molar refractivity (Wildman–Crippen MR) is 122 cm³/mol. The zero-order valence-electron chi connectivity index (χ0n) is 19.5. The summed E-state index contributed by atoms with van der Waals surface area (Å²) in [4.78, 5) is 14.7. The number of hydrogen-bond donors (Lipinski definition) is 1. The Balaban J connectivity index is 0.00000324. The number of carbonyl (C=O) groups excluding carboxylic acids is 1. The quantitative estimate of drug-likeness (QED) is 0.666. The van der Waals surface area contributed by atoms with E-state index in [1.165, 1.54) is 38.1 Å². The standard InChI is InChI=1S/C26H31F2NO4.H2/c1-16(2)32-23-15-26(33-22-14-18(27)6-7-19(22)23)9-11-29(12-10-26)24(30)17-5-8-20(21(28)13-17)25(3,4)31;/h5-8,13-14,16,23,31H,9-12,15H2,1-4H3;1H/t23-;/m1./s1. The number of ether oxygens (including phenoxy) is 2. The molecule has 5 nitrogen and oxygen atoms in total. The van der Waals surface area contributed by atoms with E-state index >= 15 is 0 Å². The Hall–Kier alpha value is -2.51. The number of benzene rings is 2. The summed E-state index contributed by atoms with van der Waals surface area (Å²) >= 11 is 0. The lowest BCUT2D eigenvalue weighted by Gasteiger charge is -2.47. The van der Waals surface area contributed by atoms with Crippen LogP contribution in [0.15, 0.2) is 36.4 Å². The van der Waals surface area contributed by atoms with Crippen LogP contribution >= 0.6 is 0 Å². The number of rotatable bonds is 4. The molecule has 1 N–H and O–H groups in total. The lowest BCUT2D eigenvalue weighted by atomic mass is 9.81. The number of halogens is 2. The molecule has 0 aliphatic carbocycles. The van der Waals surface area contributed by atoms with E-state index in [4.69, 9.17) is 9.47 Å². The van der Waals surface area contributed by atoms with Crippen LogP contribution in [0.4, 0.5) is 8.78 Å². The highest BCUT2D eigenvalue weighted by molar-refractivity contribution is 5.94. The molecule has 2 heterocycles. The number of nitrogens with zero attached hydrogens (tertiary/aromatic N) is 1. The second kappa shape index (κ2) is 8.69. The first-order chi connectivity index (χ1) is 15.5. The molecule has 1 saturated heterocycles. The van der Waals surface area contributed by atoms with Gasteiger partial charge in [0.25, 0.3) is 5.91 Å². The van der Waals surface area contributed by atoms with Crippen molar-refractivity contribution >= 4 is 5.91 Å². The largest absolute Gasteiger partial charge is 0.487 e. The molecule has 33 heavy (non-hydrogen) atoms. The maximum Gasteiger partial charge on any atom is 0.253 e. The molecular weight excluding hydrogens is 428 g/mol. The lowest BCUT2D eigenvalue weighted by molar-refractivity contribution is -0.0873. The average Bonchev–Trinajstić information content (AvgIpc) is 2.72. The zero-order chi connectivity index (χ0) is 24.0. The summed E-state index contributed by atoms with van der Waals surface area (Å²) in [6, 6.07) is 8.72. The van der Waals surface area contributed by atoms with E-state index in [9.17, 15) is 18.7 Å². The fourth-order valence-corrected chi connectivity index (χ4v) is 4.79. The van der Waals surface area contributed by atoms with Crippen molar-refractivity contribution in [3.8, 4) is 5.75 Å². The van der Waals surface area contributed by atoms with Crippen LogP contribution in [0.25, 0.3) is 0 Å². The minimum absolute atomic E-state index is 0. The summed E-state index contributed by atoms with van der Waals surface area (Å²) < 4.78 is 40.8. The van der Waals surface area contributed by atoms with Crippen LogP contribution in [0, 0.1) is 11.6 Å². The van der Waals surface area contributed by atoms with Crippen molar-refractivity contribution < 1.29 is 29.6 Å². The first kappa shape index (κ1) is 23.6. The van der Waals surface area contributed by atoms with Crippen LogP contribution in [0.2, 0.25) is 0 Å². The Morgan fingerprint density at radius 1 is 1.21 bits per heavy atom. The second-order valence-electron chi connectivity index (χ2n) is 9.89. The summed E-state index contributed by atoms with van der Waals surface area (Å²) in [5.41, 5.74) is -0.640. The van der Waals surface area contributed by atoms with E-state index in [1.54, 1.807) is 17.0 Å². The van der Waals surface area contributed by atoms with Gasteiger partial charge in [-0.3, -0.25) is 4.79 Å². The minimum Gasteiger partial charge on any atom is -0.487 e. The predicted octanol–water partition coefficient (Wildman–Crippen LogP) is 5.36. The molecule has 0 radical (unpaired) electrons. The van der Waals surface area contributed by atoms with Gasteiger partial charge in [-0.1, -0.05) is 6.07 Å². The monoisotopic (exact) mass is 461 g/mol. The molecule has 1 fully saturated rings. The van der Waals surface area contributed by atoms with E-state index < -0.39 is 17.0 Å². The fourth-order valence-electron chi connectivity index (χ4n) is 4.79. The number of amides is 1. The number of hydrogen-bond acceptors (Lipinski definition) is 4. The number of piperidine rings is 1. The van der Waals surface area contributed by atoms with E-state index in [0.29, 0.717) is 38.1 Å². The van der Waals surface area contributed by atoms with Crippen LogP contribution in [0.3, 0.4) is 0 Å². The Kier molecular flexibility index (Phi) is 6.22. The summed E-state index contributed by atoms with van der Waals surface area (Å²) in [5, 5.41) is 10.1. The fraction of sp³-hybridized carbons (Fsp3) is 0.500. The average molecular weight is 462 g/mol. The molecule has 1 atom stereocenters. The van der Waals surface area contributed by atoms with Crippen molar-refractivity contribution in [3.05, 3.63) is 64.7 Å². The van der Waals surface area contributed by atoms with E-state index in [1.807, 2.05) is 13.8 Å². The molecule has 4 rings (SSSR count). The topological polar surface area (TPSA) is 59.0 Å². The third-order valence-electron chi connectivity index (χ3n) is 6.48. The molecule has 7 heteroatoms. The molecule has 2 aliphatic rings. The number of likely N-dealkylation sites (tertiary alicyclic amines) is 1. The normalized spacial score (nSPS) is 20.0. The van der Waals surface area contributed by atoms with Crippen molar-refractivity contribution in [1.82, 2.24) is 4.90 Å². The van der Waals surface area contributed by atoms with Gasteiger partial charge in [-0.15, -0.1) is 0 Å². The van der Waals surface area contributed by atoms with Gasteiger partial charge >= 0.3 is 0 Å². The Morgan fingerprint density at radius 2 is 1.91 bits per heavy atom. The lowest BCUT2D eigenvalue weighted by Crippen LogP contribution is -2.52. The highest BCUT2D eigenvalue weighted by Crippen LogP contribution is 2.46. The molecule has 180 valence electrons. The highest BCUT2D eigenvalue weighted by atomic mass is 19.1. The van der Waals surface area contributed by atoms with Gasteiger partial charge in [0, 0.05) is 56.5 Å². The van der Waals surface area contributed by atoms with E-state index in [-0.39, 0.29) is 36.5 Å². The van der Waals surface area contributed by atoms with Crippen LogP contribution in [-0.4, -0.2) is 40.7 Å². The van der Waals surface area contributed by atoms with Gasteiger partial charge in [0.15, 0.2) is 0 Å². The summed E-state index contributed by atoms with van der Waals surface area (Å²) in [6.07, 6.45) is 1.56. The first-order valence-corrected chi connectivity index (χ1v) is 11.4. The SMILES string of the molecule is CC(C)O[C@@H]1CC2(CCN(C(=O)c3ccc(C(C)(C)O)c(F)c3)CC2)Oc2cc(F)ccc21.[HH]. The van der Waals surface area contributed by atoms with Gasteiger partial charge in [-0.05, 0) is 52.0 Å². The van der Waals surface area contributed by atoms with Crippen LogP contribution in [0.5, 0.6) is 5.75 Å². The van der Waals surface area contributed by atoms with Crippen molar-refractivity contribution in [2.24, 2.45) is 0 Å². The van der Waals surface area contributed by atoms with Gasteiger partial charge in [0.05, 0.1) is 17.8 Å². The zero-order valence-corrected chi connectivity index (χ0v) is 19.5. The molecular formula is C26H33F2NO4. The minimum atomic E-state index is -1.33. The van der Waals surface area contributed by atoms with Gasteiger partial charge in [-0.25, -0.2) is 8.78 Å². The summed E-state index contributed by atoms with van der Waals surface area (Å²) in [5.74, 6) is -0.734. The maximum atomic E-state index is 14.5. The molecule has 1 amide bonds. The first-order valence-electron chi connectivity index (χ1n) is 11.4. The molecule has 0 aromatic heterocycles. The molecule has 0 saturated carbocycles. The number of aliphatic hydroxyl groups is 1. The Bertz CT molecular complexity index is 1050. The smallest absolute Gasteiger partial charge is 0.253 e. The highest BCUT2D eigenvalue weighted by Gasteiger charge is 2.45. The van der Waals surface area contributed by atoms with Gasteiger partial charge in [-0.2, -0.15) is 0 Å².